The Morgan fingerprint density at radius 3 is 2.67 bits per heavy atom. The van der Waals surface area contributed by atoms with Crippen LogP contribution in [-0.4, -0.2) is 48.9 Å². The number of aromatic nitrogens is 1. The Labute approximate surface area is 160 Å². The van der Waals surface area contributed by atoms with Crippen molar-refractivity contribution in [2.24, 2.45) is 5.73 Å². The van der Waals surface area contributed by atoms with Gasteiger partial charge in [0.2, 0.25) is 5.91 Å². The molecule has 0 unspecified atom stereocenters. The predicted octanol–water partition coefficient (Wildman–Crippen LogP) is 0.542. The lowest BCUT2D eigenvalue weighted by Crippen LogP contribution is -2.41. The molecule has 1 aromatic heterocycles. The highest BCUT2D eigenvalue weighted by Gasteiger charge is 2.27. The molecule has 9 nitrogen and oxygen atoms in total. The summed E-state index contributed by atoms with van der Waals surface area (Å²) in [4.78, 5) is 38.0. The number of hydrogen-bond acceptors (Lipinski definition) is 7. The SMILES string of the molecule is COCCNC(=O)CN(C(=O)c1snc(C(N)=O)c1N)c1cccc(C)c1. The number of carbonyl (C=O) groups is 3. The third-order valence-corrected chi connectivity index (χ3v) is 4.50. The highest BCUT2D eigenvalue weighted by atomic mass is 32.1. The summed E-state index contributed by atoms with van der Waals surface area (Å²) in [6.45, 7) is 2.32. The van der Waals surface area contributed by atoms with Gasteiger partial charge in [-0.3, -0.25) is 19.3 Å². The molecule has 0 aliphatic carbocycles. The van der Waals surface area contributed by atoms with Crippen molar-refractivity contribution in [1.82, 2.24) is 9.69 Å². The van der Waals surface area contributed by atoms with E-state index in [1.165, 1.54) is 12.0 Å². The molecule has 0 aliphatic rings. The number of rotatable bonds is 8. The fourth-order valence-electron chi connectivity index (χ4n) is 2.32. The van der Waals surface area contributed by atoms with E-state index < -0.39 is 11.8 Å². The van der Waals surface area contributed by atoms with E-state index in [0.29, 0.717) is 18.8 Å². The van der Waals surface area contributed by atoms with Gasteiger partial charge in [-0.1, -0.05) is 12.1 Å². The molecule has 0 saturated heterocycles. The van der Waals surface area contributed by atoms with Gasteiger partial charge in [-0.25, -0.2) is 0 Å². The minimum absolute atomic E-state index is 0.0509. The van der Waals surface area contributed by atoms with Gasteiger partial charge < -0.3 is 21.5 Å². The summed E-state index contributed by atoms with van der Waals surface area (Å²) in [7, 11) is 1.53. The van der Waals surface area contributed by atoms with Crippen molar-refractivity contribution in [3.05, 3.63) is 40.4 Å². The lowest BCUT2D eigenvalue weighted by atomic mass is 10.2. The average Bonchev–Trinajstić information content (AvgIpc) is 3.01. The molecule has 0 radical (unpaired) electrons. The fraction of sp³-hybridized carbons (Fsp3) is 0.294. The zero-order chi connectivity index (χ0) is 20.0. The standard InChI is InChI=1S/C17H21N5O4S/c1-10-4-3-5-11(8-10)22(9-12(23)20-6-7-26-2)17(25)15-13(18)14(16(19)24)21-27-15/h3-5,8H,6-7,9,18H2,1-2H3,(H2,19,24)(H,20,23). The van der Waals surface area contributed by atoms with E-state index in [0.717, 1.165) is 17.1 Å². The second-order valence-electron chi connectivity index (χ2n) is 5.71. The molecule has 5 N–H and O–H groups in total. The van der Waals surface area contributed by atoms with E-state index >= 15 is 0 Å². The van der Waals surface area contributed by atoms with Crippen LogP contribution in [0, 0.1) is 6.92 Å². The molecule has 1 aromatic carbocycles. The summed E-state index contributed by atoms with van der Waals surface area (Å²) in [5.41, 5.74) is 12.3. The predicted molar refractivity (Wildman–Crippen MR) is 103 cm³/mol. The van der Waals surface area contributed by atoms with Crippen LogP contribution in [0.25, 0.3) is 0 Å². The second kappa shape index (κ2) is 9.10. The molecular weight excluding hydrogens is 370 g/mol. The fourth-order valence-corrected chi connectivity index (χ4v) is 3.07. The molecule has 0 fully saturated rings. The lowest BCUT2D eigenvalue weighted by molar-refractivity contribution is -0.119. The van der Waals surface area contributed by atoms with Gasteiger partial charge in [-0.05, 0) is 36.2 Å². The van der Waals surface area contributed by atoms with Crippen molar-refractivity contribution in [3.8, 4) is 0 Å². The van der Waals surface area contributed by atoms with Gasteiger partial charge in [0.25, 0.3) is 11.8 Å². The topological polar surface area (TPSA) is 141 Å². The van der Waals surface area contributed by atoms with Gasteiger partial charge in [0, 0.05) is 19.3 Å². The zero-order valence-electron chi connectivity index (χ0n) is 15.0. The monoisotopic (exact) mass is 391 g/mol. The summed E-state index contributed by atoms with van der Waals surface area (Å²) >= 11 is 0.770. The largest absolute Gasteiger partial charge is 0.395 e. The van der Waals surface area contributed by atoms with Crippen LogP contribution >= 0.6 is 11.5 Å². The second-order valence-corrected chi connectivity index (χ2v) is 6.48. The van der Waals surface area contributed by atoms with E-state index in [2.05, 4.69) is 9.69 Å². The molecule has 1 heterocycles. The molecule has 0 bridgehead atoms. The lowest BCUT2D eigenvalue weighted by Gasteiger charge is -2.22. The number of carbonyl (C=O) groups excluding carboxylic acids is 3. The van der Waals surface area contributed by atoms with Gasteiger partial charge in [-0.2, -0.15) is 4.37 Å². The summed E-state index contributed by atoms with van der Waals surface area (Å²) < 4.78 is 8.74. The third kappa shape index (κ3) is 5.02. The number of anilines is 2. The maximum atomic E-state index is 13.0. The Hall–Kier alpha value is -2.98. The van der Waals surface area contributed by atoms with E-state index in [4.69, 9.17) is 16.2 Å². The molecule has 0 spiro atoms. The summed E-state index contributed by atoms with van der Waals surface area (Å²) in [5, 5.41) is 2.67. The van der Waals surface area contributed by atoms with Crippen molar-refractivity contribution in [2.45, 2.75) is 6.92 Å². The van der Waals surface area contributed by atoms with E-state index in [1.54, 1.807) is 18.2 Å². The molecule has 2 rings (SSSR count). The number of nitrogen functional groups attached to an aromatic ring is 1. The number of ether oxygens (including phenoxy) is 1. The molecule has 27 heavy (non-hydrogen) atoms. The first-order chi connectivity index (χ1) is 12.8. The van der Waals surface area contributed by atoms with Crippen LogP contribution in [0.3, 0.4) is 0 Å². The number of nitrogens with one attached hydrogen (secondary N) is 1. The van der Waals surface area contributed by atoms with Crippen LogP contribution in [-0.2, 0) is 9.53 Å². The molecule has 144 valence electrons. The summed E-state index contributed by atoms with van der Waals surface area (Å²) in [6.07, 6.45) is 0. The average molecular weight is 391 g/mol. The van der Waals surface area contributed by atoms with E-state index in [9.17, 15) is 14.4 Å². The van der Waals surface area contributed by atoms with Crippen molar-refractivity contribution >= 4 is 40.6 Å². The van der Waals surface area contributed by atoms with E-state index in [1.807, 2.05) is 13.0 Å². The highest BCUT2D eigenvalue weighted by molar-refractivity contribution is 7.09. The maximum absolute atomic E-state index is 13.0. The zero-order valence-corrected chi connectivity index (χ0v) is 15.8. The first-order valence-electron chi connectivity index (χ1n) is 8.04. The number of methoxy groups -OCH3 is 1. The summed E-state index contributed by atoms with van der Waals surface area (Å²) in [6, 6.07) is 7.13. The quantitative estimate of drug-likeness (QED) is 0.561. The number of nitrogens with zero attached hydrogens (tertiary/aromatic N) is 2. The molecule has 0 saturated carbocycles. The first-order valence-corrected chi connectivity index (χ1v) is 8.81. The van der Waals surface area contributed by atoms with Crippen molar-refractivity contribution < 1.29 is 19.1 Å². The Balaban J connectivity index is 2.33. The van der Waals surface area contributed by atoms with Crippen LogP contribution in [0.15, 0.2) is 24.3 Å². The number of hydrogen-bond donors (Lipinski definition) is 3. The maximum Gasteiger partial charge on any atom is 0.272 e. The van der Waals surface area contributed by atoms with Crippen LogP contribution in [0.2, 0.25) is 0 Å². The molecule has 10 heteroatoms. The number of benzene rings is 1. The number of amides is 3. The van der Waals surface area contributed by atoms with Crippen molar-refractivity contribution in [1.29, 1.82) is 0 Å². The normalized spacial score (nSPS) is 10.4. The Kier molecular flexibility index (Phi) is 6.85. The van der Waals surface area contributed by atoms with Crippen LogP contribution in [0.5, 0.6) is 0 Å². The van der Waals surface area contributed by atoms with Crippen LogP contribution in [0.4, 0.5) is 11.4 Å². The van der Waals surface area contributed by atoms with Crippen LogP contribution in [0.1, 0.15) is 25.7 Å². The van der Waals surface area contributed by atoms with Gasteiger partial charge in [0.05, 0.1) is 12.3 Å². The summed E-state index contributed by atoms with van der Waals surface area (Å²) in [5.74, 6) is -1.72. The number of aryl methyl sites for hydroxylation is 1. The minimum atomic E-state index is -0.817. The molecule has 0 atom stereocenters. The van der Waals surface area contributed by atoms with E-state index in [-0.39, 0.29) is 28.7 Å². The van der Waals surface area contributed by atoms with Crippen LogP contribution < -0.4 is 21.7 Å². The first kappa shape index (κ1) is 20.3. The highest BCUT2D eigenvalue weighted by Crippen LogP contribution is 2.26. The van der Waals surface area contributed by atoms with Gasteiger partial charge in [-0.15, -0.1) is 0 Å². The third-order valence-electron chi connectivity index (χ3n) is 3.64. The smallest absolute Gasteiger partial charge is 0.272 e. The Bertz CT molecular complexity index is 852. The molecule has 0 aliphatic heterocycles. The van der Waals surface area contributed by atoms with Crippen molar-refractivity contribution in [2.75, 3.05) is 37.4 Å². The van der Waals surface area contributed by atoms with Gasteiger partial charge in [0.15, 0.2) is 5.69 Å². The Morgan fingerprint density at radius 1 is 1.33 bits per heavy atom. The number of primary amides is 1. The molecular formula is C17H21N5O4S. The molecule has 2 aromatic rings. The van der Waals surface area contributed by atoms with Gasteiger partial charge >= 0.3 is 0 Å². The van der Waals surface area contributed by atoms with Crippen molar-refractivity contribution in [3.63, 3.8) is 0 Å². The molecule has 3 amide bonds. The van der Waals surface area contributed by atoms with Gasteiger partial charge in [0.1, 0.15) is 11.4 Å². The number of nitrogens with two attached hydrogens (primary N) is 2. The minimum Gasteiger partial charge on any atom is -0.395 e. The Morgan fingerprint density at radius 2 is 2.07 bits per heavy atom.